The Morgan fingerprint density at radius 3 is 2.86 bits per heavy atom. The van der Waals surface area contributed by atoms with E-state index >= 15 is 0 Å². The van der Waals surface area contributed by atoms with Gasteiger partial charge in [-0.2, -0.15) is 15.4 Å². The van der Waals surface area contributed by atoms with Gasteiger partial charge in [-0.25, -0.2) is 0 Å². The molecule has 1 heterocycles. The van der Waals surface area contributed by atoms with Crippen LogP contribution in [0, 0.1) is 6.92 Å². The highest BCUT2D eigenvalue weighted by Gasteiger charge is 2.06. The van der Waals surface area contributed by atoms with E-state index in [2.05, 4.69) is 20.7 Å². The van der Waals surface area contributed by atoms with Crippen LogP contribution in [0.5, 0.6) is 5.75 Å². The lowest BCUT2D eigenvalue weighted by Gasteiger charge is -2.09. The van der Waals surface area contributed by atoms with Gasteiger partial charge in [0.1, 0.15) is 16.8 Å². The van der Waals surface area contributed by atoms with Crippen molar-refractivity contribution >= 4 is 22.6 Å². The summed E-state index contributed by atoms with van der Waals surface area (Å²) in [5, 5.41) is 13.2. The maximum absolute atomic E-state index is 11.9. The Morgan fingerprint density at radius 2 is 2.00 bits per heavy atom. The topological polar surface area (TPSA) is 79.9 Å². The lowest BCUT2D eigenvalue weighted by Crippen LogP contribution is -2.20. The molecule has 3 aromatic rings. The highest BCUT2D eigenvalue weighted by Crippen LogP contribution is 2.17. The molecule has 0 aliphatic carbocycles. The highest BCUT2D eigenvalue weighted by atomic mass is 16.5. The molecule has 0 atom stereocenters. The number of nitrogens with one attached hydrogen (secondary N) is 2. The Kier molecular flexibility index (Phi) is 3.51. The molecule has 0 aliphatic heterocycles. The van der Waals surface area contributed by atoms with Crippen LogP contribution in [0.4, 0.5) is 5.69 Å². The predicted molar refractivity (Wildman–Crippen MR) is 79.2 cm³/mol. The van der Waals surface area contributed by atoms with Crippen molar-refractivity contribution < 1.29 is 9.53 Å². The number of H-pyrrole nitrogens is 1. The number of fused-ring (bicyclic) bond motifs is 1. The third kappa shape index (κ3) is 3.00. The third-order valence-electron chi connectivity index (χ3n) is 3.05. The van der Waals surface area contributed by atoms with Crippen molar-refractivity contribution in [3.63, 3.8) is 0 Å². The number of benzene rings is 2. The maximum Gasteiger partial charge on any atom is 0.262 e. The monoisotopic (exact) mass is 282 g/mol. The number of aryl methyl sites for hydroxylation is 1. The first-order valence-corrected chi connectivity index (χ1v) is 6.51. The highest BCUT2D eigenvalue weighted by molar-refractivity contribution is 5.93. The number of anilines is 1. The van der Waals surface area contributed by atoms with Crippen molar-refractivity contribution in [2.24, 2.45) is 0 Å². The van der Waals surface area contributed by atoms with Crippen molar-refractivity contribution in [2.45, 2.75) is 6.92 Å². The zero-order chi connectivity index (χ0) is 14.7. The minimum Gasteiger partial charge on any atom is -0.483 e. The molecule has 0 fully saturated rings. The first kappa shape index (κ1) is 13.1. The second-order valence-electron chi connectivity index (χ2n) is 4.63. The molecule has 3 rings (SSSR count). The average molecular weight is 282 g/mol. The average Bonchev–Trinajstić information content (AvgIpc) is 2.94. The van der Waals surface area contributed by atoms with E-state index in [0.717, 1.165) is 11.1 Å². The molecule has 21 heavy (non-hydrogen) atoms. The number of aromatic amines is 1. The molecule has 1 aromatic heterocycles. The zero-order valence-corrected chi connectivity index (χ0v) is 11.5. The Morgan fingerprint density at radius 1 is 1.19 bits per heavy atom. The van der Waals surface area contributed by atoms with Crippen LogP contribution in [0.3, 0.4) is 0 Å². The Labute approximate surface area is 121 Å². The van der Waals surface area contributed by atoms with E-state index in [9.17, 15) is 4.79 Å². The van der Waals surface area contributed by atoms with Crippen LogP contribution in [-0.2, 0) is 4.79 Å². The van der Waals surface area contributed by atoms with E-state index < -0.39 is 0 Å². The van der Waals surface area contributed by atoms with Gasteiger partial charge in [0.25, 0.3) is 5.91 Å². The van der Waals surface area contributed by atoms with Crippen LogP contribution in [0.2, 0.25) is 0 Å². The second-order valence-corrected chi connectivity index (χ2v) is 4.63. The van der Waals surface area contributed by atoms with Crippen LogP contribution in [0.15, 0.2) is 42.5 Å². The number of aromatic nitrogens is 3. The van der Waals surface area contributed by atoms with Gasteiger partial charge in [-0.1, -0.05) is 18.2 Å². The number of carbonyl (C=O) groups excluding carboxylic acids is 1. The molecule has 2 N–H and O–H groups in total. The smallest absolute Gasteiger partial charge is 0.262 e. The van der Waals surface area contributed by atoms with E-state index in [1.165, 1.54) is 0 Å². The second kappa shape index (κ2) is 5.62. The summed E-state index contributed by atoms with van der Waals surface area (Å²) in [7, 11) is 0. The van der Waals surface area contributed by atoms with E-state index in [0.29, 0.717) is 17.0 Å². The van der Waals surface area contributed by atoms with Gasteiger partial charge in [0.05, 0.1) is 0 Å². The molecule has 0 saturated heterocycles. The van der Waals surface area contributed by atoms with Crippen LogP contribution in [-0.4, -0.2) is 27.9 Å². The van der Waals surface area contributed by atoms with Crippen LogP contribution < -0.4 is 10.1 Å². The van der Waals surface area contributed by atoms with Gasteiger partial charge >= 0.3 is 0 Å². The summed E-state index contributed by atoms with van der Waals surface area (Å²) in [4.78, 5) is 11.9. The normalized spacial score (nSPS) is 10.5. The number of amides is 1. The number of hydrogen-bond donors (Lipinski definition) is 2. The fourth-order valence-electron chi connectivity index (χ4n) is 1.98. The van der Waals surface area contributed by atoms with Crippen molar-refractivity contribution in [2.75, 3.05) is 11.9 Å². The van der Waals surface area contributed by atoms with Crippen molar-refractivity contribution in [1.29, 1.82) is 0 Å². The summed E-state index contributed by atoms with van der Waals surface area (Å²) in [6, 6.07) is 12.9. The minimum absolute atomic E-state index is 0.0400. The molecule has 0 spiro atoms. The molecule has 6 nitrogen and oxygen atoms in total. The SMILES string of the molecule is Cc1ccccc1OCC(=O)Nc1ccc2n[nH]nc2c1. The van der Waals surface area contributed by atoms with Gasteiger partial charge in [-0.3, -0.25) is 4.79 Å². The van der Waals surface area contributed by atoms with Gasteiger partial charge in [-0.05, 0) is 36.8 Å². The summed E-state index contributed by atoms with van der Waals surface area (Å²) >= 11 is 0. The number of para-hydroxylation sites is 1. The fourth-order valence-corrected chi connectivity index (χ4v) is 1.98. The lowest BCUT2D eigenvalue weighted by molar-refractivity contribution is -0.118. The van der Waals surface area contributed by atoms with Crippen molar-refractivity contribution in [1.82, 2.24) is 15.4 Å². The van der Waals surface area contributed by atoms with E-state index in [-0.39, 0.29) is 12.5 Å². The molecule has 0 aliphatic rings. The quantitative estimate of drug-likeness (QED) is 0.769. The van der Waals surface area contributed by atoms with Gasteiger partial charge in [0, 0.05) is 5.69 Å². The molecule has 2 aromatic carbocycles. The van der Waals surface area contributed by atoms with Crippen LogP contribution in [0.1, 0.15) is 5.56 Å². The largest absolute Gasteiger partial charge is 0.483 e. The van der Waals surface area contributed by atoms with Crippen molar-refractivity contribution in [3.05, 3.63) is 48.0 Å². The van der Waals surface area contributed by atoms with E-state index in [4.69, 9.17) is 4.74 Å². The molecule has 1 amide bonds. The first-order chi connectivity index (χ1) is 10.2. The summed E-state index contributed by atoms with van der Waals surface area (Å²) in [6.07, 6.45) is 0. The van der Waals surface area contributed by atoms with Gasteiger partial charge in [0.15, 0.2) is 6.61 Å². The molecule has 0 bridgehead atoms. The number of nitrogens with zero attached hydrogens (tertiary/aromatic N) is 2. The first-order valence-electron chi connectivity index (χ1n) is 6.51. The molecular formula is C15H14N4O2. The minimum atomic E-state index is -0.221. The Hall–Kier alpha value is -2.89. The fraction of sp³-hybridized carbons (Fsp3) is 0.133. The van der Waals surface area contributed by atoms with E-state index in [1.54, 1.807) is 18.2 Å². The van der Waals surface area contributed by atoms with Crippen molar-refractivity contribution in [3.8, 4) is 5.75 Å². The zero-order valence-electron chi connectivity index (χ0n) is 11.5. The summed E-state index contributed by atoms with van der Waals surface area (Å²) in [6.45, 7) is 1.90. The summed E-state index contributed by atoms with van der Waals surface area (Å²) in [5.41, 5.74) is 3.11. The Bertz CT molecular complexity index is 782. The molecule has 0 saturated carbocycles. The molecule has 0 radical (unpaired) electrons. The summed E-state index contributed by atoms with van der Waals surface area (Å²) in [5.74, 6) is 0.487. The molecule has 6 heteroatoms. The molecular weight excluding hydrogens is 268 g/mol. The predicted octanol–water partition coefficient (Wildman–Crippen LogP) is 2.28. The number of ether oxygens (including phenoxy) is 1. The van der Waals surface area contributed by atoms with Crippen LogP contribution >= 0.6 is 0 Å². The van der Waals surface area contributed by atoms with Gasteiger partial charge in [-0.15, -0.1) is 0 Å². The number of carbonyl (C=O) groups is 1. The molecule has 106 valence electrons. The van der Waals surface area contributed by atoms with Gasteiger partial charge in [0.2, 0.25) is 0 Å². The standard InChI is InChI=1S/C15H14N4O2/c1-10-4-2-3-5-14(10)21-9-15(20)16-11-6-7-12-13(8-11)18-19-17-12/h2-8H,9H2,1H3,(H,16,20)(H,17,18,19). The molecule has 0 unspecified atom stereocenters. The van der Waals surface area contributed by atoms with E-state index in [1.807, 2.05) is 31.2 Å². The third-order valence-corrected chi connectivity index (χ3v) is 3.05. The van der Waals surface area contributed by atoms with Crippen LogP contribution in [0.25, 0.3) is 11.0 Å². The lowest BCUT2D eigenvalue weighted by atomic mass is 10.2. The number of hydrogen-bond acceptors (Lipinski definition) is 4. The number of rotatable bonds is 4. The Balaban J connectivity index is 1.62. The maximum atomic E-state index is 11.9. The summed E-state index contributed by atoms with van der Waals surface area (Å²) < 4.78 is 5.50. The van der Waals surface area contributed by atoms with Gasteiger partial charge < -0.3 is 10.1 Å².